The van der Waals surface area contributed by atoms with E-state index in [-0.39, 0.29) is 11.8 Å². The lowest BCUT2D eigenvalue weighted by atomic mass is 9.98. The van der Waals surface area contributed by atoms with E-state index in [0.29, 0.717) is 0 Å². The van der Waals surface area contributed by atoms with Gasteiger partial charge in [-0.2, -0.15) is 11.8 Å². The number of nitrogens with one attached hydrogen (secondary N) is 1. The lowest BCUT2D eigenvalue weighted by Gasteiger charge is -2.29. The van der Waals surface area contributed by atoms with E-state index in [1.165, 1.54) is 0 Å². The van der Waals surface area contributed by atoms with Crippen LogP contribution >= 0.6 is 23.4 Å². The Morgan fingerprint density at radius 3 is 2.71 bits per heavy atom. The molecule has 2 aromatic carbocycles. The van der Waals surface area contributed by atoms with Gasteiger partial charge in [-0.05, 0) is 36.8 Å². The molecule has 1 aliphatic heterocycles. The maximum absolute atomic E-state index is 12.7. The average molecular weight is 359 g/mol. The predicted molar refractivity (Wildman–Crippen MR) is 103 cm³/mol. The first kappa shape index (κ1) is 15.9. The Balaban J connectivity index is 1.69. The van der Waals surface area contributed by atoms with Crippen molar-refractivity contribution in [1.82, 2.24) is 9.88 Å². The van der Waals surface area contributed by atoms with Gasteiger partial charge in [-0.15, -0.1) is 0 Å². The summed E-state index contributed by atoms with van der Waals surface area (Å²) in [6, 6.07) is 12.1. The fourth-order valence-corrected chi connectivity index (χ4v) is 4.44. The van der Waals surface area contributed by atoms with E-state index >= 15 is 0 Å². The van der Waals surface area contributed by atoms with Crippen LogP contribution in [0.15, 0.2) is 36.4 Å². The molecular formula is C19H19ClN2OS. The van der Waals surface area contributed by atoms with Crippen LogP contribution in [0.1, 0.15) is 18.4 Å². The van der Waals surface area contributed by atoms with Gasteiger partial charge in [0.2, 0.25) is 5.91 Å². The van der Waals surface area contributed by atoms with Gasteiger partial charge in [-0.1, -0.05) is 23.7 Å². The molecule has 0 aliphatic carbocycles. The van der Waals surface area contributed by atoms with Crippen LogP contribution in [0.25, 0.3) is 21.8 Å². The van der Waals surface area contributed by atoms with E-state index in [1.54, 1.807) is 0 Å². The number of amides is 1. The standard InChI is InChI=1S/C19H19ClN2OS/c1-12(19(23)22-6-8-24-9-7-22)13-2-4-15-16-11-14(20)3-5-17(16)21-18(15)10-13/h2-5,10-12,21H,6-9H2,1H3. The van der Waals surface area contributed by atoms with Crippen molar-refractivity contribution in [3.8, 4) is 0 Å². The lowest BCUT2D eigenvalue weighted by Crippen LogP contribution is -2.40. The van der Waals surface area contributed by atoms with Crippen molar-refractivity contribution in [2.75, 3.05) is 24.6 Å². The normalized spacial score (nSPS) is 16.7. The van der Waals surface area contributed by atoms with Crippen LogP contribution in [0, 0.1) is 0 Å². The number of hydrogen-bond acceptors (Lipinski definition) is 2. The average Bonchev–Trinajstić information content (AvgIpc) is 2.98. The maximum Gasteiger partial charge on any atom is 0.229 e. The number of aromatic amines is 1. The second kappa shape index (κ2) is 6.34. The van der Waals surface area contributed by atoms with Crippen LogP contribution in [0.5, 0.6) is 0 Å². The van der Waals surface area contributed by atoms with Crippen molar-refractivity contribution in [2.45, 2.75) is 12.8 Å². The van der Waals surface area contributed by atoms with Gasteiger partial charge in [0, 0.05) is 51.4 Å². The number of fused-ring (bicyclic) bond motifs is 3. The van der Waals surface area contributed by atoms with E-state index < -0.39 is 0 Å². The third kappa shape index (κ3) is 2.78. The van der Waals surface area contributed by atoms with E-state index in [1.807, 2.05) is 41.8 Å². The highest BCUT2D eigenvalue weighted by Crippen LogP contribution is 2.30. The van der Waals surface area contributed by atoms with Crippen LogP contribution in [0.4, 0.5) is 0 Å². The lowest BCUT2D eigenvalue weighted by molar-refractivity contribution is -0.132. The minimum absolute atomic E-state index is 0.118. The maximum atomic E-state index is 12.7. The zero-order chi connectivity index (χ0) is 16.7. The summed E-state index contributed by atoms with van der Waals surface area (Å²) >= 11 is 8.04. The molecule has 1 unspecified atom stereocenters. The Morgan fingerprint density at radius 1 is 1.12 bits per heavy atom. The Labute approximate surface area is 150 Å². The fraction of sp³-hybridized carbons (Fsp3) is 0.316. The van der Waals surface area contributed by atoms with E-state index in [0.717, 1.165) is 57.0 Å². The molecule has 0 spiro atoms. The van der Waals surface area contributed by atoms with Crippen molar-refractivity contribution in [2.24, 2.45) is 0 Å². The van der Waals surface area contributed by atoms with E-state index in [4.69, 9.17) is 11.6 Å². The fourth-order valence-electron chi connectivity index (χ4n) is 3.36. The first-order chi connectivity index (χ1) is 11.6. The molecule has 0 radical (unpaired) electrons. The smallest absolute Gasteiger partial charge is 0.229 e. The molecular weight excluding hydrogens is 340 g/mol. The minimum atomic E-state index is -0.118. The topological polar surface area (TPSA) is 36.1 Å². The summed E-state index contributed by atoms with van der Waals surface area (Å²) in [5.74, 6) is 2.20. The van der Waals surface area contributed by atoms with Crippen molar-refractivity contribution in [1.29, 1.82) is 0 Å². The number of hydrogen-bond donors (Lipinski definition) is 1. The van der Waals surface area contributed by atoms with Crippen LogP contribution in [-0.4, -0.2) is 40.4 Å². The van der Waals surface area contributed by atoms with Crippen molar-refractivity contribution in [3.63, 3.8) is 0 Å². The Morgan fingerprint density at radius 2 is 1.92 bits per heavy atom. The molecule has 1 amide bonds. The van der Waals surface area contributed by atoms with Crippen LogP contribution < -0.4 is 0 Å². The van der Waals surface area contributed by atoms with Crippen molar-refractivity contribution >= 4 is 51.1 Å². The SMILES string of the molecule is CC(C(=O)N1CCSCC1)c1ccc2c(c1)[nH]c1ccc(Cl)cc12. The number of benzene rings is 2. The Kier molecular flexibility index (Phi) is 4.19. The highest BCUT2D eigenvalue weighted by Gasteiger charge is 2.23. The Bertz CT molecular complexity index is 914. The van der Waals surface area contributed by atoms with Gasteiger partial charge < -0.3 is 9.88 Å². The van der Waals surface area contributed by atoms with E-state index in [9.17, 15) is 4.79 Å². The number of carbonyl (C=O) groups excluding carboxylic acids is 1. The molecule has 1 aromatic heterocycles. The highest BCUT2D eigenvalue weighted by atomic mass is 35.5. The molecule has 1 atom stereocenters. The monoisotopic (exact) mass is 358 g/mol. The number of halogens is 1. The number of rotatable bonds is 2. The van der Waals surface area contributed by atoms with Crippen LogP contribution in [0.2, 0.25) is 5.02 Å². The molecule has 5 heteroatoms. The van der Waals surface area contributed by atoms with Gasteiger partial charge in [-0.3, -0.25) is 4.79 Å². The zero-order valence-corrected chi connectivity index (χ0v) is 15.1. The predicted octanol–water partition coefficient (Wildman–Crippen LogP) is 4.65. The summed E-state index contributed by atoms with van der Waals surface area (Å²) < 4.78 is 0. The quantitative estimate of drug-likeness (QED) is 0.723. The summed E-state index contributed by atoms with van der Waals surface area (Å²) in [7, 11) is 0. The van der Waals surface area contributed by atoms with Crippen LogP contribution in [-0.2, 0) is 4.79 Å². The molecule has 4 rings (SSSR count). The summed E-state index contributed by atoms with van der Waals surface area (Å²) in [4.78, 5) is 18.2. The molecule has 1 aliphatic rings. The second-order valence-electron chi connectivity index (χ2n) is 6.28. The van der Waals surface area contributed by atoms with Gasteiger partial charge in [0.15, 0.2) is 0 Å². The third-order valence-electron chi connectivity index (χ3n) is 4.78. The van der Waals surface area contributed by atoms with Gasteiger partial charge in [0.05, 0.1) is 5.92 Å². The second-order valence-corrected chi connectivity index (χ2v) is 7.94. The largest absolute Gasteiger partial charge is 0.355 e. The molecule has 2 heterocycles. The molecule has 24 heavy (non-hydrogen) atoms. The molecule has 0 bridgehead atoms. The molecule has 124 valence electrons. The van der Waals surface area contributed by atoms with Crippen molar-refractivity contribution in [3.05, 3.63) is 47.0 Å². The van der Waals surface area contributed by atoms with Crippen LogP contribution in [0.3, 0.4) is 0 Å². The molecule has 0 saturated carbocycles. The van der Waals surface area contributed by atoms with E-state index in [2.05, 4.69) is 23.2 Å². The highest BCUT2D eigenvalue weighted by molar-refractivity contribution is 7.99. The number of carbonyl (C=O) groups is 1. The summed E-state index contributed by atoms with van der Waals surface area (Å²) in [6.45, 7) is 3.73. The van der Waals surface area contributed by atoms with Gasteiger partial charge in [-0.25, -0.2) is 0 Å². The van der Waals surface area contributed by atoms with Gasteiger partial charge in [0.25, 0.3) is 0 Å². The molecule has 3 nitrogen and oxygen atoms in total. The molecule has 1 N–H and O–H groups in total. The number of thioether (sulfide) groups is 1. The molecule has 3 aromatic rings. The number of H-pyrrole nitrogens is 1. The zero-order valence-electron chi connectivity index (χ0n) is 13.5. The molecule has 1 saturated heterocycles. The van der Waals surface area contributed by atoms with Gasteiger partial charge in [0.1, 0.15) is 0 Å². The third-order valence-corrected chi connectivity index (χ3v) is 5.96. The van der Waals surface area contributed by atoms with Crippen molar-refractivity contribution < 1.29 is 4.79 Å². The first-order valence-corrected chi connectivity index (χ1v) is 9.74. The Hall–Kier alpha value is -1.65. The summed E-state index contributed by atoms with van der Waals surface area (Å²) in [6.07, 6.45) is 0. The molecule has 1 fully saturated rings. The first-order valence-electron chi connectivity index (χ1n) is 8.21. The number of aromatic nitrogens is 1. The van der Waals surface area contributed by atoms with Gasteiger partial charge >= 0.3 is 0 Å². The summed E-state index contributed by atoms with van der Waals surface area (Å²) in [5.41, 5.74) is 3.18. The minimum Gasteiger partial charge on any atom is -0.355 e. The summed E-state index contributed by atoms with van der Waals surface area (Å²) in [5, 5.41) is 3.00. The number of nitrogens with zero attached hydrogens (tertiary/aromatic N) is 1.